The number of esters is 1. The summed E-state index contributed by atoms with van der Waals surface area (Å²) in [6, 6.07) is 8.80. The van der Waals surface area contributed by atoms with Crippen LogP contribution in [0.5, 0.6) is 0 Å². The van der Waals surface area contributed by atoms with Crippen LogP contribution in [0.3, 0.4) is 0 Å². The summed E-state index contributed by atoms with van der Waals surface area (Å²) in [5, 5.41) is 10.4. The molecule has 4 aliphatic rings. The topological polar surface area (TPSA) is 152 Å². The molecule has 2 aromatic rings. The van der Waals surface area contributed by atoms with Gasteiger partial charge in [-0.25, -0.2) is 0 Å². The van der Waals surface area contributed by atoms with Gasteiger partial charge in [-0.1, -0.05) is 63.4 Å². The third kappa shape index (κ3) is 9.24. The Morgan fingerprint density at radius 2 is 1.65 bits per heavy atom. The van der Waals surface area contributed by atoms with Crippen LogP contribution in [0.15, 0.2) is 42.7 Å². The van der Waals surface area contributed by atoms with E-state index in [0.717, 1.165) is 37.7 Å². The fraction of sp³-hybridized carbons (Fsp3) is 0.667. The van der Waals surface area contributed by atoms with E-state index in [2.05, 4.69) is 29.6 Å². The van der Waals surface area contributed by atoms with Crippen molar-refractivity contribution < 1.29 is 33.4 Å². The standard InChI is InChI=1S/C42H60N6O7/c1-7-54-39(53)41(5,6)24-43-36(50)34(28(2)55-23-30-16-12-9-13-17-30)45-35(49)33-22-46(25-42(33)26-47(27-42)38(52)32-18-40(32,3)4)37(51)31-19-44-48(21-31)20-29-14-10-8-11-15-29/h8,10-11,14-15,19,21,28,30,32-34H,7,9,12-13,16-18,20,22-27H2,1-6H3,(H,43,50)(H,45,49)/t28-,32-,33+,34+/m1/s1. The maximum Gasteiger partial charge on any atom is 0.313 e. The van der Waals surface area contributed by atoms with Crippen molar-refractivity contribution in [1.82, 2.24) is 30.2 Å². The van der Waals surface area contributed by atoms with Gasteiger partial charge in [0.2, 0.25) is 17.7 Å². The predicted octanol–water partition coefficient (Wildman–Crippen LogP) is 4.05. The SMILES string of the molecule is CCOC(=O)C(C)(C)CNC(=O)[C@@H](NC(=O)[C@@H]1CN(C(=O)c2cnn(Cc3ccccc3)c2)CC12CN(C(=O)[C@H]1CC1(C)C)C2)[C@@H](C)OCC1CCCCC1. The molecule has 1 aromatic carbocycles. The molecule has 2 saturated heterocycles. The van der Waals surface area contributed by atoms with Gasteiger partial charge in [0.1, 0.15) is 6.04 Å². The van der Waals surface area contributed by atoms with Crippen LogP contribution < -0.4 is 10.6 Å². The molecule has 1 spiro atoms. The fourth-order valence-corrected chi connectivity index (χ4v) is 8.50. The van der Waals surface area contributed by atoms with Crippen LogP contribution in [0.1, 0.15) is 96.0 Å². The van der Waals surface area contributed by atoms with E-state index >= 15 is 0 Å². The molecular formula is C42H60N6O7. The van der Waals surface area contributed by atoms with E-state index in [9.17, 15) is 24.0 Å². The average Bonchev–Trinajstić information content (AvgIpc) is 3.45. The van der Waals surface area contributed by atoms with E-state index < -0.39 is 40.8 Å². The van der Waals surface area contributed by atoms with E-state index in [1.54, 1.807) is 49.7 Å². The van der Waals surface area contributed by atoms with Gasteiger partial charge in [0.25, 0.3) is 5.91 Å². The zero-order valence-corrected chi connectivity index (χ0v) is 33.5. The van der Waals surface area contributed by atoms with Crippen molar-refractivity contribution in [1.29, 1.82) is 0 Å². The van der Waals surface area contributed by atoms with Gasteiger partial charge >= 0.3 is 5.97 Å². The molecule has 2 aliphatic carbocycles. The minimum absolute atomic E-state index is 0.00850. The van der Waals surface area contributed by atoms with Crippen molar-refractivity contribution >= 4 is 29.6 Å². The van der Waals surface area contributed by atoms with Crippen molar-refractivity contribution in [2.45, 2.75) is 98.8 Å². The number of nitrogens with zero attached hydrogens (tertiary/aromatic N) is 4. The molecule has 4 amide bonds. The van der Waals surface area contributed by atoms with Crippen LogP contribution in [-0.4, -0.2) is 107 Å². The molecule has 4 atom stereocenters. The molecule has 0 unspecified atom stereocenters. The maximum atomic E-state index is 14.5. The second-order valence-electron chi connectivity index (χ2n) is 17.8. The Labute approximate surface area is 325 Å². The summed E-state index contributed by atoms with van der Waals surface area (Å²) >= 11 is 0. The summed E-state index contributed by atoms with van der Waals surface area (Å²) in [6.07, 6.45) is 9.09. The van der Waals surface area contributed by atoms with Gasteiger partial charge in [-0.05, 0) is 63.9 Å². The number of nitrogens with one attached hydrogen (secondary N) is 2. The van der Waals surface area contributed by atoms with Gasteiger partial charge in [-0.2, -0.15) is 5.10 Å². The summed E-state index contributed by atoms with van der Waals surface area (Å²) in [7, 11) is 0. The number of hydrogen-bond acceptors (Lipinski definition) is 8. The van der Waals surface area contributed by atoms with Crippen LogP contribution in [0, 0.1) is 34.0 Å². The molecule has 4 fully saturated rings. The van der Waals surface area contributed by atoms with E-state index in [-0.39, 0.29) is 48.8 Å². The molecule has 1 aromatic heterocycles. The minimum atomic E-state index is -1.06. The Morgan fingerprint density at radius 3 is 2.31 bits per heavy atom. The highest BCUT2D eigenvalue weighted by Crippen LogP contribution is 2.54. The zero-order chi connectivity index (χ0) is 39.5. The number of likely N-dealkylation sites (tertiary alicyclic amines) is 2. The lowest BCUT2D eigenvalue weighted by Crippen LogP contribution is -2.65. The van der Waals surface area contributed by atoms with Gasteiger partial charge in [-0.3, -0.25) is 28.7 Å². The number of ether oxygens (including phenoxy) is 2. The average molecular weight is 761 g/mol. The van der Waals surface area contributed by atoms with Crippen molar-refractivity contribution in [2.24, 2.45) is 34.0 Å². The lowest BCUT2D eigenvalue weighted by Gasteiger charge is -2.50. The highest BCUT2D eigenvalue weighted by atomic mass is 16.5. The first-order chi connectivity index (χ1) is 26.1. The highest BCUT2D eigenvalue weighted by molar-refractivity contribution is 5.96. The zero-order valence-electron chi connectivity index (χ0n) is 33.5. The van der Waals surface area contributed by atoms with Gasteiger partial charge in [0.05, 0.1) is 42.3 Å². The van der Waals surface area contributed by atoms with Crippen LogP contribution in [-0.2, 0) is 35.2 Å². The smallest absolute Gasteiger partial charge is 0.313 e. The normalized spacial score (nSPS) is 22.7. The number of rotatable bonds is 15. The Kier molecular flexibility index (Phi) is 12.1. The molecule has 2 saturated carbocycles. The molecule has 300 valence electrons. The Bertz CT molecular complexity index is 1710. The van der Waals surface area contributed by atoms with Crippen LogP contribution in [0.2, 0.25) is 0 Å². The minimum Gasteiger partial charge on any atom is -0.466 e. The second-order valence-corrected chi connectivity index (χ2v) is 17.8. The Morgan fingerprint density at radius 1 is 0.982 bits per heavy atom. The van der Waals surface area contributed by atoms with Crippen molar-refractivity contribution in [3.05, 3.63) is 53.9 Å². The first kappa shape index (κ1) is 40.4. The van der Waals surface area contributed by atoms with Crippen molar-refractivity contribution in [2.75, 3.05) is 45.9 Å². The third-order valence-corrected chi connectivity index (χ3v) is 12.4. The number of hydrogen-bond donors (Lipinski definition) is 2. The largest absolute Gasteiger partial charge is 0.466 e. The molecule has 0 radical (unpaired) electrons. The maximum absolute atomic E-state index is 14.5. The van der Waals surface area contributed by atoms with Crippen molar-refractivity contribution in [3.8, 4) is 0 Å². The molecular weight excluding hydrogens is 700 g/mol. The molecule has 0 bridgehead atoms. The summed E-state index contributed by atoms with van der Waals surface area (Å²) in [4.78, 5) is 72.1. The fourth-order valence-electron chi connectivity index (χ4n) is 8.50. The number of aromatic nitrogens is 2. The van der Waals surface area contributed by atoms with E-state index in [1.165, 1.54) is 6.42 Å². The van der Waals surface area contributed by atoms with Gasteiger partial charge < -0.3 is 29.9 Å². The number of carbonyl (C=O) groups excluding carboxylic acids is 5. The summed E-state index contributed by atoms with van der Waals surface area (Å²) in [6.45, 7) is 13.5. The highest BCUT2D eigenvalue weighted by Gasteiger charge is 2.62. The molecule has 55 heavy (non-hydrogen) atoms. The Balaban J connectivity index is 1.19. The summed E-state index contributed by atoms with van der Waals surface area (Å²) in [5.41, 5.74) is -0.224. The van der Waals surface area contributed by atoms with Crippen LogP contribution in [0.4, 0.5) is 0 Å². The number of carbonyl (C=O) groups is 5. The van der Waals surface area contributed by atoms with Gasteiger partial charge in [-0.15, -0.1) is 0 Å². The second kappa shape index (κ2) is 16.5. The predicted molar refractivity (Wildman–Crippen MR) is 205 cm³/mol. The number of amides is 4. The third-order valence-electron chi connectivity index (χ3n) is 12.4. The van der Waals surface area contributed by atoms with Crippen LogP contribution in [0.25, 0.3) is 0 Å². The van der Waals surface area contributed by atoms with Gasteiger partial charge in [0.15, 0.2) is 0 Å². The molecule has 13 nitrogen and oxygen atoms in total. The van der Waals surface area contributed by atoms with Crippen LogP contribution >= 0.6 is 0 Å². The molecule has 6 rings (SSSR count). The molecule has 13 heteroatoms. The monoisotopic (exact) mass is 760 g/mol. The lowest BCUT2D eigenvalue weighted by molar-refractivity contribution is -0.153. The van der Waals surface area contributed by atoms with Gasteiger partial charge in [0, 0.05) is 56.9 Å². The first-order valence-electron chi connectivity index (χ1n) is 20.1. The molecule has 2 aliphatic heterocycles. The van der Waals surface area contributed by atoms with Crippen molar-refractivity contribution in [3.63, 3.8) is 0 Å². The lowest BCUT2D eigenvalue weighted by atomic mass is 9.70. The number of benzene rings is 1. The quantitative estimate of drug-likeness (QED) is 0.258. The summed E-state index contributed by atoms with van der Waals surface area (Å²) in [5.74, 6) is -1.73. The Hall–Kier alpha value is -4.26. The molecule has 2 N–H and O–H groups in total. The van der Waals surface area contributed by atoms with E-state index in [0.29, 0.717) is 44.3 Å². The molecule has 3 heterocycles. The van der Waals surface area contributed by atoms with E-state index in [1.807, 2.05) is 35.2 Å². The van der Waals surface area contributed by atoms with E-state index in [4.69, 9.17) is 9.47 Å². The summed E-state index contributed by atoms with van der Waals surface area (Å²) < 4.78 is 13.3. The first-order valence-corrected chi connectivity index (χ1v) is 20.1.